The van der Waals surface area contributed by atoms with Crippen molar-refractivity contribution < 1.29 is 5.11 Å². The van der Waals surface area contributed by atoms with E-state index in [4.69, 9.17) is 0 Å². The summed E-state index contributed by atoms with van der Waals surface area (Å²) in [4.78, 5) is 0. The predicted octanol–water partition coefficient (Wildman–Crippen LogP) is 4.25. The third kappa shape index (κ3) is 5.92. The fourth-order valence-corrected chi connectivity index (χ4v) is 1.82. The van der Waals surface area contributed by atoms with E-state index in [0.29, 0.717) is 6.42 Å². The Hall–Kier alpha value is -0.820. The van der Waals surface area contributed by atoms with Crippen LogP contribution in [0.2, 0.25) is 0 Å². The number of hydrogen-bond acceptors (Lipinski definition) is 1. The average molecular weight is 222 g/mol. The van der Waals surface area contributed by atoms with Crippen LogP contribution in [0.25, 0.3) is 0 Å². The van der Waals surface area contributed by atoms with Crippen molar-refractivity contribution in [2.45, 2.75) is 52.1 Å². The number of unbranched alkanes of at least 4 members (excludes halogenated alkanes) is 1. The number of rotatable bonds is 8. The Kier molecular flexibility index (Phi) is 6.35. The van der Waals surface area contributed by atoms with Crippen molar-refractivity contribution in [3.63, 3.8) is 0 Å². The summed E-state index contributed by atoms with van der Waals surface area (Å²) in [7, 11) is 0. The van der Waals surface area contributed by atoms with Gasteiger partial charge in [0, 0.05) is 0 Å². The van der Waals surface area contributed by atoms with E-state index in [9.17, 15) is 5.11 Å². The monoisotopic (exact) mass is 222 g/mol. The van der Waals surface area contributed by atoms with E-state index in [2.05, 4.69) is 33.9 Å². The van der Waals surface area contributed by atoms with Gasteiger partial charge in [-0.3, -0.25) is 0 Å². The van der Waals surface area contributed by atoms with E-state index in [1.54, 1.807) is 6.08 Å². The van der Waals surface area contributed by atoms with Gasteiger partial charge in [-0.1, -0.05) is 64.5 Å². The molecule has 92 valence electrons. The first-order chi connectivity index (χ1) is 7.39. The van der Waals surface area contributed by atoms with Crippen molar-refractivity contribution in [2.75, 3.05) is 0 Å². The molecule has 0 aromatic heterocycles. The summed E-state index contributed by atoms with van der Waals surface area (Å²) >= 11 is 0. The minimum Gasteiger partial charge on any atom is -0.386 e. The summed E-state index contributed by atoms with van der Waals surface area (Å²) in [5.74, 6) is 0. The van der Waals surface area contributed by atoms with E-state index < -0.39 is 5.60 Å². The zero-order chi connectivity index (χ0) is 12.7. The van der Waals surface area contributed by atoms with Crippen LogP contribution in [0, 0.1) is 5.41 Å². The highest BCUT2D eigenvalue weighted by Gasteiger charge is 2.29. The molecule has 0 bridgehead atoms. The molecule has 0 saturated heterocycles. The zero-order valence-electron chi connectivity index (χ0n) is 11.0. The van der Waals surface area contributed by atoms with Crippen LogP contribution in [0.5, 0.6) is 0 Å². The highest BCUT2D eigenvalue weighted by molar-refractivity contribution is 5.10. The minimum atomic E-state index is -0.734. The van der Waals surface area contributed by atoms with Gasteiger partial charge in [0.25, 0.3) is 0 Å². The van der Waals surface area contributed by atoms with Gasteiger partial charge in [0.15, 0.2) is 0 Å². The molecule has 1 atom stereocenters. The van der Waals surface area contributed by atoms with E-state index in [-0.39, 0.29) is 5.41 Å². The number of aliphatic hydroxyl groups is 1. The molecule has 0 saturated carbocycles. The Bertz CT molecular complexity index is 250. The number of allylic oxidation sites excluding steroid dienone is 3. The fourth-order valence-electron chi connectivity index (χ4n) is 1.82. The molecule has 0 radical (unpaired) electrons. The molecule has 0 aliphatic heterocycles. The summed E-state index contributed by atoms with van der Waals surface area (Å²) in [6, 6.07) is 0. The van der Waals surface area contributed by atoms with Crippen molar-refractivity contribution in [1.82, 2.24) is 0 Å². The van der Waals surface area contributed by atoms with Crippen molar-refractivity contribution >= 4 is 0 Å². The fraction of sp³-hybridized carbons (Fsp3) is 0.600. The molecule has 0 heterocycles. The normalized spacial score (nSPS) is 16.0. The Morgan fingerprint density at radius 1 is 1.25 bits per heavy atom. The molecule has 0 aliphatic carbocycles. The second kappa shape index (κ2) is 6.70. The second-order valence-corrected chi connectivity index (χ2v) is 5.17. The van der Waals surface area contributed by atoms with Gasteiger partial charge in [-0.2, -0.15) is 0 Å². The van der Waals surface area contributed by atoms with Gasteiger partial charge in [0.05, 0.1) is 5.60 Å². The summed E-state index contributed by atoms with van der Waals surface area (Å²) in [6.07, 6.45) is 10.9. The van der Waals surface area contributed by atoms with Gasteiger partial charge in [0.1, 0.15) is 0 Å². The van der Waals surface area contributed by atoms with Crippen molar-refractivity contribution in [1.29, 1.82) is 0 Å². The highest BCUT2D eigenvalue weighted by Crippen LogP contribution is 2.33. The quantitative estimate of drug-likeness (QED) is 0.481. The molecule has 0 aromatic carbocycles. The van der Waals surface area contributed by atoms with Crippen LogP contribution in [0.3, 0.4) is 0 Å². The topological polar surface area (TPSA) is 20.2 Å². The lowest BCUT2D eigenvalue weighted by Gasteiger charge is -2.32. The Morgan fingerprint density at radius 3 is 2.31 bits per heavy atom. The largest absolute Gasteiger partial charge is 0.386 e. The molecule has 16 heavy (non-hydrogen) atoms. The van der Waals surface area contributed by atoms with E-state index >= 15 is 0 Å². The molecular weight excluding hydrogens is 196 g/mol. The predicted molar refractivity (Wildman–Crippen MR) is 72.4 cm³/mol. The van der Waals surface area contributed by atoms with E-state index in [1.165, 1.54) is 0 Å². The van der Waals surface area contributed by atoms with Gasteiger partial charge in [-0.05, 0) is 18.3 Å². The molecular formula is C15H26O. The molecule has 1 unspecified atom stereocenters. The molecule has 1 nitrogen and oxygen atoms in total. The summed E-state index contributed by atoms with van der Waals surface area (Å²) in [5, 5.41) is 10.6. The van der Waals surface area contributed by atoms with Gasteiger partial charge in [-0.15, -0.1) is 6.58 Å². The third-order valence-electron chi connectivity index (χ3n) is 2.82. The van der Waals surface area contributed by atoms with Crippen molar-refractivity contribution in [2.24, 2.45) is 5.41 Å². The van der Waals surface area contributed by atoms with E-state index in [1.807, 2.05) is 18.2 Å². The smallest absolute Gasteiger partial charge is 0.0838 e. The first-order valence-electron chi connectivity index (χ1n) is 6.05. The zero-order valence-corrected chi connectivity index (χ0v) is 11.0. The van der Waals surface area contributed by atoms with E-state index in [0.717, 1.165) is 19.3 Å². The Balaban J connectivity index is 4.70. The van der Waals surface area contributed by atoms with Crippen LogP contribution in [0.1, 0.15) is 46.5 Å². The maximum absolute atomic E-state index is 10.6. The summed E-state index contributed by atoms with van der Waals surface area (Å²) in [6.45, 7) is 13.8. The van der Waals surface area contributed by atoms with Crippen molar-refractivity contribution in [3.05, 3.63) is 37.5 Å². The van der Waals surface area contributed by atoms with Crippen molar-refractivity contribution in [3.8, 4) is 0 Å². The average Bonchev–Trinajstić information content (AvgIpc) is 2.23. The Labute approximate surface area is 101 Å². The lowest BCUT2D eigenvalue weighted by molar-refractivity contribution is 0.0436. The van der Waals surface area contributed by atoms with Gasteiger partial charge in [-0.25, -0.2) is 0 Å². The molecule has 0 rings (SSSR count). The summed E-state index contributed by atoms with van der Waals surface area (Å²) < 4.78 is 0. The first-order valence-corrected chi connectivity index (χ1v) is 6.05. The molecule has 0 fully saturated rings. The van der Waals surface area contributed by atoms with Gasteiger partial charge < -0.3 is 5.11 Å². The third-order valence-corrected chi connectivity index (χ3v) is 2.82. The molecule has 0 amide bonds. The second-order valence-electron chi connectivity index (χ2n) is 5.17. The summed E-state index contributed by atoms with van der Waals surface area (Å²) in [5.41, 5.74) is -0.782. The van der Waals surface area contributed by atoms with Crippen LogP contribution >= 0.6 is 0 Å². The highest BCUT2D eigenvalue weighted by atomic mass is 16.3. The standard InChI is InChI=1S/C15H26O/c1-6-9-11-15(16,12-10-7-2)13-14(4,5)8-3/h6,8-9,11,16H,1,3,7,10,12-13H2,2,4-5H3/b11-9+. The maximum atomic E-state index is 10.6. The maximum Gasteiger partial charge on any atom is 0.0838 e. The molecule has 1 heteroatoms. The van der Waals surface area contributed by atoms with Gasteiger partial charge in [0.2, 0.25) is 0 Å². The molecule has 0 spiro atoms. The SMILES string of the molecule is C=C/C=C/C(O)(CCCC)CC(C)(C)C=C. The van der Waals surface area contributed by atoms with Crippen LogP contribution < -0.4 is 0 Å². The Morgan fingerprint density at radius 2 is 1.88 bits per heavy atom. The van der Waals surface area contributed by atoms with Crippen LogP contribution in [0.4, 0.5) is 0 Å². The van der Waals surface area contributed by atoms with Crippen LogP contribution in [0.15, 0.2) is 37.5 Å². The lowest BCUT2D eigenvalue weighted by Crippen LogP contribution is -2.32. The minimum absolute atomic E-state index is 0.0476. The molecule has 0 aromatic rings. The lowest BCUT2D eigenvalue weighted by atomic mass is 9.78. The molecule has 0 aliphatic rings. The molecule has 1 N–H and O–H groups in total. The van der Waals surface area contributed by atoms with Gasteiger partial charge >= 0.3 is 0 Å². The van der Waals surface area contributed by atoms with Crippen LogP contribution in [-0.4, -0.2) is 10.7 Å². The first kappa shape index (κ1) is 15.2. The number of hydrogen-bond donors (Lipinski definition) is 1. The van der Waals surface area contributed by atoms with Crippen LogP contribution in [-0.2, 0) is 0 Å².